The molecule has 0 aliphatic carbocycles. The van der Waals surface area contributed by atoms with E-state index < -0.39 is 0 Å². The third-order valence-corrected chi connectivity index (χ3v) is 3.21. The van der Waals surface area contributed by atoms with Crippen LogP contribution in [0.3, 0.4) is 0 Å². The number of nitrogens with one attached hydrogen (secondary N) is 1. The first-order valence-electron chi connectivity index (χ1n) is 5.36. The number of amides is 1. The zero-order valence-electron chi connectivity index (χ0n) is 9.44. The second-order valence-electron chi connectivity index (χ2n) is 3.68. The Hall–Kier alpha value is -1.33. The van der Waals surface area contributed by atoms with Crippen LogP contribution in [0.1, 0.15) is 10.4 Å². The SMILES string of the molecule is O=C(NCCn1ccnc1)c1cc(Br)ccc1Cl. The molecule has 1 aromatic heterocycles. The fraction of sp³-hybridized carbons (Fsp3) is 0.167. The van der Waals surface area contributed by atoms with Crippen molar-refractivity contribution in [3.8, 4) is 0 Å². The molecule has 0 aliphatic heterocycles. The lowest BCUT2D eigenvalue weighted by atomic mass is 10.2. The largest absolute Gasteiger partial charge is 0.350 e. The van der Waals surface area contributed by atoms with E-state index in [1.165, 1.54) is 0 Å². The van der Waals surface area contributed by atoms with Gasteiger partial charge in [-0.25, -0.2) is 4.98 Å². The number of imidazole rings is 1. The van der Waals surface area contributed by atoms with E-state index in [0.717, 1.165) is 4.47 Å². The molecular formula is C12H11BrClN3O. The van der Waals surface area contributed by atoms with Gasteiger partial charge in [0.2, 0.25) is 0 Å². The quantitative estimate of drug-likeness (QED) is 0.938. The van der Waals surface area contributed by atoms with Gasteiger partial charge in [0.05, 0.1) is 16.9 Å². The average Bonchev–Trinajstić information content (AvgIpc) is 2.85. The van der Waals surface area contributed by atoms with Crippen molar-refractivity contribution < 1.29 is 4.79 Å². The summed E-state index contributed by atoms with van der Waals surface area (Å²) in [7, 11) is 0. The standard InChI is InChI=1S/C12H11BrClN3O/c13-9-1-2-11(14)10(7-9)12(18)16-4-6-17-5-3-15-8-17/h1-3,5,7-8H,4,6H2,(H,16,18). The summed E-state index contributed by atoms with van der Waals surface area (Å²) >= 11 is 9.29. The molecule has 0 bridgehead atoms. The fourth-order valence-corrected chi connectivity index (χ4v) is 2.05. The number of hydrogen-bond acceptors (Lipinski definition) is 2. The van der Waals surface area contributed by atoms with E-state index in [0.29, 0.717) is 23.7 Å². The predicted octanol–water partition coefficient (Wildman–Crippen LogP) is 2.73. The molecule has 0 unspecified atom stereocenters. The number of carbonyl (C=O) groups excluding carboxylic acids is 1. The first-order chi connectivity index (χ1) is 8.66. The molecule has 0 saturated carbocycles. The highest BCUT2D eigenvalue weighted by atomic mass is 79.9. The lowest BCUT2D eigenvalue weighted by Crippen LogP contribution is -2.27. The molecular weight excluding hydrogens is 318 g/mol. The van der Waals surface area contributed by atoms with Crippen LogP contribution in [0, 0.1) is 0 Å². The Morgan fingerprint density at radius 2 is 2.33 bits per heavy atom. The molecule has 4 nitrogen and oxygen atoms in total. The number of hydrogen-bond donors (Lipinski definition) is 1. The second kappa shape index (κ2) is 6.02. The summed E-state index contributed by atoms with van der Waals surface area (Å²) in [6.45, 7) is 1.20. The average molecular weight is 329 g/mol. The Bertz CT molecular complexity index is 542. The molecule has 0 fully saturated rings. The van der Waals surface area contributed by atoms with E-state index in [-0.39, 0.29) is 5.91 Å². The maximum absolute atomic E-state index is 11.9. The van der Waals surface area contributed by atoms with Crippen molar-refractivity contribution >= 4 is 33.4 Å². The molecule has 2 rings (SSSR count). The van der Waals surface area contributed by atoms with Gasteiger partial charge in [-0.1, -0.05) is 27.5 Å². The van der Waals surface area contributed by atoms with E-state index in [4.69, 9.17) is 11.6 Å². The zero-order chi connectivity index (χ0) is 13.0. The molecule has 0 radical (unpaired) electrons. The molecule has 6 heteroatoms. The first-order valence-corrected chi connectivity index (χ1v) is 6.53. The van der Waals surface area contributed by atoms with Crippen LogP contribution in [0.2, 0.25) is 5.02 Å². The molecule has 1 amide bonds. The topological polar surface area (TPSA) is 46.9 Å². The van der Waals surface area contributed by atoms with Crippen molar-refractivity contribution in [2.75, 3.05) is 6.54 Å². The maximum Gasteiger partial charge on any atom is 0.252 e. The van der Waals surface area contributed by atoms with E-state index >= 15 is 0 Å². The van der Waals surface area contributed by atoms with Crippen molar-refractivity contribution in [2.45, 2.75) is 6.54 Å². The molecule has 0 spiro atoms. The summed E-state index contributed by atoms with van der Waals surface area (Å²) in [4.78, 5) is 15.8. The summed E-state index contributed by atoms with van der Waals surface area (Å²) in [5.74, 6) is -0.179. The Morgan fingerprint density at radius 1 is 1.50 bits per heavy atom. The lowest BCUT2D eigenvalue weighted by molar-refractivity contribution is 0.0952. The Morgan fingerprint density at radius 3 is 3.06 bits per heavy atom. The summed E-state index contributed by atoms with van der Waals surface area (Å²) in [5, 5.41) is 3.26. The predicted molar refractivity (Wildman–Crippen MR) is 73.7 cm³/mol. The van der Waals surface area contributed by atoms with Crippen LogP contribution in [0.15, 0.2) is 41.4 Å². The van der Waals surface area contributed by atoms with Gasteiger partial charge in [0.1, 0.15) is 0 Å². The first kappa shape index (κ1) is 13.1. The Labute approximate surface area is 118 Å². The van der Waals surface area contributed by atoms with Gasteiger partial charge in [-0.2, -0.15) is 0 Å². The number of aromatic nitrogens is 2. The highest BCUT2D eigenvalue weighted by Crippen LogP contribution is 2.20. The van der Waals surface area contributed by atoms with Crippen LogP contribution in [0.5, 0.6) is 0 Å². The molecule has 0 atom stereocenters. The summed E-state index contributed by atoms with van der Waals surface area (Å²) < 4.78 is 2.72. The highest BCUT2D eigenvalue weighted by Gasteiger charge is 2.09. The molecule has 18 heavy (non-hydrogen) atoms. The van der Waals surface area contributed by atoms with Crippen LogP contribution in [-0.4, -0.2) is 22.0 Å². The minimum absolute atomic E-state index is 0.179. The van der Waals surface area contributed by atoms with Crippen molar-refractivity contribution in [3.05, 3.63) is 52.0 Å². The lowest BCUT2D eigenvalue weighted by Gasteiger charge is -2.07. The van der Waals surface area contributed by atoms with Gasteiger partial charge in [-0.3, -0.25) is 4.79 Å². The van der Waals surface area contributed by atoms with Gasteiger partial charge in [-0.05, 0) is 18.2 Å². The number of rotatable bonds is 4. The van der Waals surface area contributed by atoms with Crippen molar-refractivity contribution in [1.29, 1.82) is 0 Å². The molecule has 0 aliphatic rings. The minimum atomic E-state index is -0.179. The number of halogens is 2. The number of carbonyl (C=O) groups is 1. The van der Waals surface area contributed by atoms with Crippen LogP contribution >= 0.6 is 27.5 Å². The molecule has 2 aromatic rings. The smallest absolute Gasteiger partial charge is 0.252 e. The van der Waals surface area contributed by atoms with E-state index in [1.54, 1.807) is 30.7 Å². The van der Waals surface area contributed by atoms with Crippen LogP contribution in [0.25, 0.3) is 0 Å². The van der Waals surface area contributed by atoms with Crippen molar-refractivity contribution in [3.63, 3.8) is 0 Å². The summed E-state index contributed by atoms with van der Waals surface area (Å²) in [6.07, 6.45) is 5.25. The minimum Gasteiger partial charge on any atom is -0.350 e. The van der Waals surface area contributed by atoms with Gasteiger partial charge < -0.3 is 9.88 Å². The van der Waals surface area contributed by atoms with Gasteiger partial charge >= 0.3 is 0 Å². The highest BCUT2D eigenvalue weighted by molar-refractivity contribution is 9.10. The number of nitrogens with zero attached hydrogens (tertiary/aromatic N) is 2. The monoisotopic (exact) mass is 327 g/mol. The van der Waals surface area contributed by atoms with Crippen LogP contribution in [0.4, 0.5) is 0 Å². The molecule has 94 valence electrons. The third kappa shape index (κ3) is 3.34. The molecule has 1 heterocycles. The zero-order valence-corrected chi connectivity index (χ0v) is 11.8. The molecule has 0 saturated heterocycles. The third-order valence-electron chi connectivity index (χ3n) is 2.39. The molecule has 1 N–H and O–H groups in total. The van der Waals surface area contributed by atoms with Gasteiger partial charge in [0.25, 0.3) is 5.91 Å². The van der Waals surface area contributed by atoms with Crippen LogP contribution in [-0.2, 0) is 6.54 Å². The van der Waals surface area contributed by atoms with E-state index in [2.05, 4.69) is 26.2 Å². The number of benzene rings is 1. The molecule has 1 aromatic carbocycles. The van der Waals surface area contributed by atoms with Gasteiger partial charge in [0.15, 0.2) is 0 Å². The second-order valence-corrected chi connectivity index (χ2v) is 5.00. The summed E-state index contributed by atoms with van der Waals surface area (Å²) in [6, 6.07) is 5.19. The van der Waals surface area contributed by atoms with Gasteiger partial charge in [0, 0.05) is 30.0 Å². The maximum atomic E-state index is 11.9. The Kier molecular flexibility index (Phi) is 4.38. The van der Waals surface area contributed by atoms with E-state index in [9.17, 15) is 4.79 Å². The van der Waals surface area contributed by atoms with Crippen molar-refractivity contribution in [2.24, 2.45) is 0 Å². The van der Waals surface area contributed by atoms with E-state index in [1.807, 2.05) is 10.8 Å². The van der Waals surface area contributed by atoms with Crippen molar-refractivity contribution in [1.82, 2.24) is 14.9 Å². The Balaban J connectivity index is 1.93. The van der Waals surface area contributed by atoms with Gasteiger partial charge in [-0.15, -0.1) is 0 Å². The fourth-order valence-electron chi connectivity index (χ4n) is 1.48. The summed E-state index contributed by atoms with van der Waals surface area (Å²) in [5.41, 5.74) is 0.469. The van der Waals surface area contributed by atoms with Crippen LogP contribution < -0.4 is 5.32 Å². The normalized spacial score (nSPS) is 10.3.